The number of nitrogens with one attached hydrogen (secondary N) is 2. The molecule has 172 valence electrons. The smallest absolute Gasteiger partial charge is 0.387 e. The largest absolute Gasteiger partial charge is 0.484 e. The first kappa shape index (κ1) is 23.1. The van der Waals surface area contributed by atoms with Crippen LogP contribution in [0.15, 0.2) is 53.5 Å². The number of guanidine groups is 1. The average Bonchev–Trinajstić information content (AvgIpc) is 3.24. The van der Waals surface area contributed by atoms with Gasteiger partial charge in [0.1, 0.15) is 11.5 Å². The van der Waals surface area contributed by atoms with E-state index in [0.29, 0.717) is 37.0 Å². The Balaban J connectivity index is 1.53. The molecule has 3 rings (SSSR count). The average molecular weight is 447 g/mol. The van der Waals surface area contributed by atoms with Crippen molar-refractivity contribution < 1.29 is 23.0 Å². The van der Waals surface area contributed by atoms with Gasteiger partial charge in [0.05, 0.1) is 5.69 Å². The topological polar surface area (TPSA) is 101 Å². The standard InChI is InChI=1S/C22H27F2N5O3/c1-26-22(27-12-15-5-4-6-17(11-15)31-14-20(25)30)28-16-9-10-29(13-16)18-7-2-3-8-19(18)32-21(23)24/h2-8,11,16,21H,9-10,12-14H2,1H3,(H2,25,30)(H2,26,27,28). The van der Waals surface area contributed by atoms with Gasteiger partial charge in [-0.2, -0.15) is 8.78 Å². The monoisotopic (exact) mass is 447 g/mol. The second-order valence-corrected chi connectivity index (χ2v) is 7.25. The molecule has 2 aromatic rings. The Hall–Kier alpha value is -3.56. The number of aliphatic imine (C=N–C) groups is 1. The zero-order chi connectivity index (χ0) is 22.9. The number of carbonyl (C=O) groups is 1. The summed E-state index contributed by atoms with van der Waals surface area (Å²) in [4.78, 5) is 17.2. The Labute approximate surface area is 185 Å². The number of ether oxygens (including phenoxy) is 2. The van der Waals surface area contributed by atoms with Crippen molar-refractivity contribution in [3.05, 3.63) is 54.1 Å². The second-order valence-electron chi connectivity index (χ2n) is 7.25. The Bertz CT molecular complexity index is 941. The maximum absolute atomic E-state index is 12.7. The molecule has 2 aromatic carbocycles. The molecule has 0 aromatic heterocycles. The maximum Gasteiger partial charge on any atom is 0.387 e. The summed E-state index contributed by atoms with van der Waals surface area (Å²) in [7, 11) is 1.68. The number of nitrogens with zero attached hydrogens (tertiary/aromatic N) is 2. The maximum atomic E-state index is 12.7. The molecule has 1 aliphatic rings. The summed E-state index contributed by atoms with van der Waals surface area (Å²) in [6.45, 7) is -1.22. The van der Waals surface area contributed by atoms with Gasteiger partial charge in [-0.05, 0) is 36.2 Å². The Kier molecular flexibility index (Phi) is 8.07. The first-order valence-electron chi connectivity index (χ1n) is 10.2. The van der Waals surface area contributed by atoms with Gasteiger partial charge in [0, 0.05) is 32.7 Å². The number of para-hydroxylation sites is 2. The number of hydrogen-bond donors (Lipinski definition) is 3. The molecule has 1 unspecified atom stereocenters. The van der Waals surface area contributed by atoms with Crippen molar-refractivity contribution in [3.8, 4) is 11.5 Å². The fourth-order valence-corrected chi connectivity index (χ4v) is 3.48. The summed E-state index contributed by atoms with van der Waals surface area (Å²) < 4.78 is 35.4. The van der Waals surface area contributed by atoms with Gasteiger partial charge in [-0.1, -0.05) is 24.3 Å². The van der Waals surface area contributed by atoms with Gasteiger partial charge in [0.15, 0.2) is 12.6 Å². The Morgan fingerprint density at radius 2 is 2.09 bits per heavy atom. The molecule has 32 heavy (non-hydrogen) atoms. The van der Waals surface area contributed by atoms with Crippen LogP contribution in [0.25, 0.3) is 0 Å². The lowest BCUT2D eigenvalue weighted by Crippen LogP contribution is -2.44. The third-order valence-electron chi connectivity index (χ3n) is 4.91. The highest BCUT2D eigenvalue weighted by Crippen LogP contribution is 2.31. The van der Waals surface area contributed by atoms with Crippen molar-refractivity contribution in [2.24, 2.45) is 10.7 Å². The first-order chi connectivity index (χ1) is 15.4. The third-order valence-corrected chi connectivity index (χ3v) is 4.91. The van der Waals surface area contributed by atoms with E-state index in [9.17, 15) is 13.6 Å². The van der Waals surface area contributed by atoms with E-state index in [1.54, 1.807) is 37.4 Å². The van der Waals surface area contributed by atoms with Crippen molar-refractivity contribution in [3.63, 3.8) is 0 Å². The van der Waals surface area contributed by atoms with Gasteiger partial charge >= 0.3 is 6.61 Å². The summed E-state index contributed by atoms with van der Waals surface area (Å²) in [5.41, 5.74) is 6.70. The summed E-state index contributed by atoms with van der Waals surface area (Å²) in [5.74, 6) is 0.816. The van der Waals surface area contributed by atoms with Crippen molar-refractivity contribution in [2.75, 3.05) is 31.6 Å². The molecule has 1 saturated heterocycles. The summed E-state index contributed by atoms with van der Waals surface area (Å²) in [6.07, 6.45) is 0.820. The van der Waals surface area contributed by atoms with Crippen LogP contribution in [0.4, 0.5) is 14.5 Å². The molecule has 0 saturated carbocycles. The number of primary amides is 1. The number of hydrogen-bond acceptors (Lipinski definition) is 5. The van der Waals surface area contributed by atoms with Crippen molar-refractivity contribution >= 4 is 17.6 Å². The van der Waals surface area contributed by atoms with Crippen LogP contribution in [0.3, 0.4) is 0 Å². The Morgan fingerprint density at radius 1 is 1.28 bits per heavy atom. The van der Waals surface area contributed by atoms with Crippen molar-refractivity contribution in [1.82, 2.24) is 10.6 Å². The highest BCUT2D eigenvalue weighted by atomic mass is 19.3. The van der Waals surface area contributed by atoms with Crippen molar-refractivity contribution in [1.29, 1.82) is 0 Å². The molecule has 1 amide bonds. The number of carbonyl (C=O) groups excluding carboxylic acids is 1. The number of alkyl halides is 2. The van der Waals surface area contributed by atoms with E-state index in [1.165, 1.54) is 0 Å². The quantitative estimate of drug-likeness (QED) is 0.402. The SMILES string of the molecule is CN=C(NCc1cccc(OCC(N)=O)c1)NC1CCN(c2ccccc2OC(F)F)C1. The predicted molar refractivity (Wildman–Crippen MR) is 118 cm³/mol. The summed E-state index contributed by atoms with van der Waals surface area (Å²) >= 11 is 0. The molecule has 0 radical (unpaired) electrons. The normalized spacial score (nSPS) is 16.2. The molecule has 1 heterocycles. The minimum atomic E-state index is -2.87. The highest BCUT2D eigenvalue weighted by Gasteiger charge is 2.26. The minimum Gasteiger partial charge on any atom is -0.484 e. The number of benzene rings is 2. The molecule has 10 heteroatoms. The minimum absolute atomic E-state index is 0.0889. The fraction of sp³-hybridized carbons (Fsp3) is 0.364. The van der Waals surface area contributed by atoms with Gasteiger partial charge in [-0.3, -0.25) is 9.79 Å². The van der Waals surface area contributed by atoms with E-state index in [1.807, 2.05) is 23.1 Å². The van der Waals surface area contributed by atoms with E-state index in [-0.39, 0.29) is 18.4 Å². The lowest BCUT2D eigenvalue weighted by Gasteiger charge is -2.22. The molecule has 4 N–H and O–H groups in total. The number of anilines is 1. The van der Waals surface area contributed by atoms with Crippen LogP contribution in [-0.4, -0.2) is 51.3 Å². The molecule has 1 aliphatic heterocycles. The fourth-order valence-electron chi connectivity index (χ4n) is 3.48. The van der Waals surface area contributed by atoms with Crippen LogP contribution in [0.5, 0.6) is 11.5 Å². The molecule has 0 aliphatic carbocycles. The molecule has 1 fully saturated rings. The number of halogens is 2. The van der Waals surface area contributed by atoms with E-state index in [2.05, 4.69) is 20.4 Å². The van der Waals surface area contributed by atoms with Crippen LogP contribution < -0.4 is 30.7 Å². The molecule has 1 atom stereocenters. The molecule has 0 spiro atoms. The van der Waals surface area contributed by atoms with Gasteiger partial charge in [0.2, 0.25) is 0 Å². The lowest BCUT2D eigenvalue weighted by molar-refractivity contribution is -0.119. The van der Waals surface area contributed by atoms with Crippen LogP contribution in [0.2, 0.25) is 0 Å². The van der Waals surface area contributed by atoms with Gasteiger partial charge in [-0.15, -0.1) is 0 Å². The van der Waals surface area contributed by atoms with Crippen molar-refractivity contribution in [2.45, 2.75) is 25.6 Å². The number of rotatable bonds is 9. The molecule has 8 nitrogen and oxygen atoms in total. The van der Waals surface area contributed by atoms with E-state index in [0.717, 1.165) is 12.0 Å². The Morgan fingerprint density at radius 3 is 2.84 bits per heavy atom. The zero-order valence-electron chi connectivity index (χ0n) is 17.8. The van der Waals surface area contributed by atoms with Crippen LogP contribution >= 0.6 is 0 Å². The van der Waals surface area contributed by atoms with Gasteiger partial charge < -0.3 is 30.7 Å². The lowest BCUT2D eigenvalue weighted by atomic mass is 10.2. The van der Waals surface area contributed by atoms with Crippen LogP contribution in [-0.2, 0) is 11.3 Å². The molecular formula is C22H27F2N5O3. The predicted octanol–water partition coefficient (Wildman–Crippen LogP) is 2.10. The second kappa shape index (κ2) is 11.2. The highest BCUT2D eigenvalue weighted by molar-refractivity contribution is 5.80. The van der Waals surface area contributed by atoms with Gasteiger partial charge in [-0.25, -0.2) is 0 Å². The molecular weight excluding hydrogens is 420 g/mol. The summed E-state index contributed by atoms with van der Waals surface area (Å²) in [5, 5.41) is 6.61. The zero-order valence-corrected chi connectivity index (χ0v) is 17.8. The summed E-state index contributed by atoms with van der Waals surface area (Å²) in [6, 6.07) is 14.2. The van der Waals surface area contributed by atoms with Gasteiger partial charge in [0.25, 0.3) is 5.91 Å². The van der Waals surface area contributed by atoms with E-state index < -0.39 is 12.5 Å². The van der Waals surface area contributed by atoms with Crippen LogP contribution in [0, 0.1) is 0 Å². The molecule has 0 bridgehead atoms. The third kappa shape index (κ3) is 6.73. The van der Waals surface area contributed by atoms with E-state index in [4.69, 9.17) is 10.5 Å². The van der Waals surface area contributed by atoms with E-state index >= 15 is 0 Å². The first-order valence-corrected chi connectivity index (χ1v) is 10.2. The van der Waals surface area contributed by atoms with Crippen LogP contribution in [0.1, 0.15) is 12.0 Å². The number of amides is 1. The number of nitrogens with two attached hydrogens (primary N) is 1.